The minimum absolute atomic E-state index is 0.774. The minimum atomic E-state index is 0.774. The van der Waals surface area contributed by atoms with Crippen molar-refractivity contribution >= 4 is 0 Å². The lowest BCUT2D eigenvalue weighted by Gasteiger charge is -2.12. The quantitative estimate of drug-likeness (QED) is 0.696. The molecule has 0 amide bonds. The summed E-state index contributed by atoms with van der Waals surface area (Å²) < 4.78 is 10.4. The number of nitrogens with one attached hydrogen (secondary N) is 1. The van der Waals surface area contributed by atoms with Gasteiger partial charge >= 0.3 is 0 Å². The third kappa shape index (κ3) is 5.17. The summed E-state index contributed by atoms with van der Waals surface area (Å²) >= 11 is 0. The zero-order chi connectivity index (χ0) is 14.1. The van der Waals surface area contributed by atoms with E-state index in [1.807, 2.05) is 13.1 Å². The van der Waals surface area contributed by atoms with Crippen molar-refractivity contribution in [2.24, 2.45) is 0 Å². The summed E-state index contributed by atoms with van der Waals surface area (Å²) in [6.45, 7) is 6.85. The number of aromatic nitrogens is 1. The Morgan fingerprint density at radius 3 is 2.63 bits per heavy atom. The SMILES string of the molecule is COCCNCCCCc1ncc(C)c(OC)c1C. The molecule has 108 valence electrons. The highest BCUT2D eigenvalue weighted by atomic mass is 16.5. The van der Waals surface area contributed by atoms with Gasteiger partial charge in [-0.15, -0.1) is 0 Å². The maximum absolute atomic E-state index is 5.42. The summed E-state index contributed by atoms with van der Waals surface area (Å²) in [5.41, 5.74) is 3.43. The molecule has 0 fully saturated rings. The largest absolute Gasteiger partial charge is 0.496 e. The van der Waals surface area contributed by atoms with Crippen molar-refractivity contribution in [2.75, 3.05) is 33.9 Å². The Balaban J connectivity index is 2.33. The highest BCUT2D eigenvalue weighted by Gasteiger charge is 2.08. The number of unbranched alkanes of at least 4 members (excludes halogenated alkanes) is 1. The van der Waals surface area contributed by atoms with Crippen LogP contribution >= 0.6 is 0 Å². The lowest BCUT2D eigenvalue weighted by molar-refractivity contribution is 0.199. The number of ether oxygens (including phenoxy) is 2. The van der Waals surface area contributed by atoms with Gasteiger partial charge < -0.3 is 14.8 Å². The van der Waals surface area contributed by atoms with E-state index in [0.717, 1.165) is 56.0 Å². The molecule has 0 aliphatic heterocycles. The molecule has 1 aromatic heterocycles. The van der Waals surface area contributed by atoms with E-state index in [9.17, 15) is 0 Å². The van der Waals surface area contributed by atoms with Crippen LogP contribution in [0.5, 0.6) is 5.75 Å². The summed E-state index contributed by atoms with van der Waals surface area (Å²) in [7, 11) is 3.44. The number of aryl methyl sites for hydroxylation is 2. The molecule has 0 unspecified atom stereocenters. The van der Waals surface area contributed by atoms with Crippen molar-refractivity contribution in [3.8, 4) is 5.75 Å². The van der Waals surface area contributed by atoms with Gasteiger partial charge in [0.2, 0.25) is 0 Å². The van der Waals surface area contributed by atoms with Crippen LogP contribution in [0.25, 0.3) is 0 Å². The second-order valence-electron chi connectivity index (χ2n) is 4.75. The molecule has 19 heavy (non-hydrogen) atoms. The van der Waals surface area contributed by atoms with E-state index in [-0.39, 0.29) is 0 Å². The number of hydrogen-bond donors (Lipinski definition) is 1. The van der Waals surface area contributed by atoms with Crippen LogP contribution in [0.15, 0.2) is 6.20 Å². The Morgan fingerprint density at radius 1 is 1.16 bits per heavy atom. The topological polar surface area (TPSA) is 43.4 Å². The highest BCUT2D eigenvalue weighted by molar-refractivity contribution is 5.41. The predicted molar refractivity (Wildman–Crippen MR) is 77.9 cm³/mol. The molecule has 0 atom stereocenters. The van der Waals surface area contributed by atoms with E-state index in [4.69, 9.17) is 9.47 Å². The zero-order valence-electron chi connectivity index (χ0n) is 12.6. The third-order valence-electron chi connectivity index (χ3n) is 3.25. The Morgan fingerprint density at radius 2 is 1.95 bits per heavy atom. The monoisotopic (exact) mass is 266 g/mol. The van der Waals surface area contributed by atoms with Crippen molar-refractivity contribution < 1.29 is 9.47 Å². The van der Waals surface area contributed by atoms with Crippen LogP contribution in [-0.2, 0) is 11.2 Å². The van der Waals surface area contributed by atoms with Crippen LogP contribution in [-0.4, -0.2) is 38.9 Å². The summed E-state index contributed by atoms with van der Waals surface area (Å²) in [5.74, 6) is 0.975. The molecule has 1 N–H and O–H groups in total. The van der Waals surface area contributed by atoms with Gasteiger partial charge in [-0.25, -0.2) is 0 Å². The van der Waals surface area contributed by atoms with Gasteiger partial charge in [-0.2, -0.15) is 0 Å². The van der Waals surface area contributed by atoms with Gasteiger partial charge in [0.25, 0.3) is 0 Å². The molecule has 0 aliphatic carbocycles. The third-order valence-corrected chi connectivity index (χ3v) is 3.25. The molecule has 0 aliphatic rings. The van der Waals surface area contributed by atoms with E-state index < -0.39 is 0 Å². The summed E-state index contributed by atoms with van der Waals surface area (Å²) in [6, 6.07) is 0. The maximum Gasteiger partial charge on any atom is 0.128 e. The number of methoxy groups -OCH3 is 2. The van der Waals surface area contributed by atoms with Crippen molar-refractivity contribution in [3.63, 3.8) is 0 Å². The Kier molecular flexibility index (Phi) is 7.45. The first-order valence-electron chi connectivity index (χ1n) is 6.89. The highest BCUT2D eigenvalue weighted by Crippen LogP contribution is 2.24. The number of nitrogens with zero attached hydrogens (tertiary/aromatic N) is 1. The average Bonchev–Trinajstić information content (AvgIpc) is 2.40. The first-order chi connectivity index (χ1) is 9.20. The van der Waals surface area contributed by atoms with Gasteiger partial charge in [-0.3, -0.25) is 4.98 Å². The van der Waals surface area contributed by atoms with Crippen molar-refractivity contribution in [3.05, 3.63) is 23.0 Å². The summed E-state index contributed by atoms with van der Waals surface area (Å²) in [5, 5.41) is 3.35. The average molecular weight is 266 g/mol. The van der Waals surface area contributed by atoms with Crippen LogP contribution in [0.2, 0.25) is 0 Å². The molecule has 0 saturated carbocycles. The van der Waals surface area contributed by atoms with Gasteiger partial charge in [0.15, 0.2) is 0 Å². The maximum atomic E-state index is 5.42. The van der Waals surface area contributed by atoms with Crippen molar-refractivity contribution in [1.82, 2.24) is 10.3 Å². The van der Waals surface area contributed by atoms with Crippen molar-refractivity contribution in [1.29, 1.82) is 0 Å². The second kappa shape index (κ2) is 8.88. The Bertz CT molecular complexity index is 381. The lowest BCUT2D eigenvalue weighted by Crippen LogP contribution is -2.20. The normalized spacial score (nSPS) is 10.7. The lowest BCUT2D eigenvalue weighted by atomic mass is 10.1. The first-order valence-corrected chi connectivity index (χ1v) is 6.89. The van der Waals surface area contributed by atoms with Crippen molar-refractivity contribution in [2.45, 2.75) is 33.1 Å². The van der Waals surface area contributed by atoms with Crippen LogP contribution in [0, 0.1) is 13.8 Å². The second-order valence-corrected chi connectivity index (χ2v) is 4.75. The molecule has 0 saturated heterocycles. The molecule has 1 aromatic rings. The van der Waals surface area contributed by atoms with Gasteiger partial charge in [0.1, 0.15) is 5.75 Å². The van der Waals surface area contributed by atoms with Gasteiger partial charge in [-0.05, 0) is 39.7 Å². The molecule has 1 rings (SSSR count). The molecule has 0 spiro atoms. The van der Waals surface area contributed by atoms with Crippen LogP contribution < -0.4 is 10.1 Å². The summed E-state index contributed by atoms with van der Waals surface area (Å²) in [4.78, 5) is 4.51. The zero-order valence-corrected chi connectivity index (χ0v) is 12.6. The molecule has 0 radical (unpaired) electrons. The Hall–Kier alpha value is -1.13. The molecule has 0 bridgehead atoms. The first kappa shape index (κ1) is 15.9. The van der Waals surface area contributed by atoms with E-state index in [1.165, 1.54) is 5.56 Å². The molecule has 4 nitrogen and oxygen atoms in total. The molecule has 0 aromatic carbocycles. The van der Waals surface area contributed by atoms with E-state index >= 15 is 0 Å². The fourth-order valence-electron chi connectivity index (χ4n) is 2.16. The molecular weight excluding hydrogens is 240 g/mol. The predicted octanol–water partition coefficient (Wildman–Crippen LogP) is 2.27. The molecule has 1 heterocycles. The summed E-state index contributed by atoms with van der Waals surface area (Å²) in [6.07, 6.45) is 5.20. The van der Waals surface area contributed by atoms with Gasteiger partial charge in [0, 0.05) is 36.7 Å². The number of rotatable bonds is 9. The standard InChI is InChI=1S/C15H26N2O2/c1-12-11-17-14(13(2)15(12)19-4)7-5-6-8-16-9-10-18-3/h11,16H,5-10H2,1-4H3. The fourth-order valence-corrected chi connectivity index (χ4v) is 2.16. The van der Waals surface area contributed by atoms with Crippen LogP contribution in [0.4, 0.5) is 0 Å². The van der Waals surface area contributed by atoms with Gasteiger partial charge in [0.05, 0.1) is 13.7 Å². The number of hydrogen-bond acceptors (Lipinski definition) is 4. The molecular formula is C15H26N2O2. The smallest absolute Gasteiger partial charge is 0.128 e. The van der Waals surface area contributed by atoms with Gasteiger partial charge in [-0.1, -0.05) is 0 Å². The van der Waals surface area contributed by atoms with Crippen LogP contribution in [0.3, 0.4) is 0 Å². The van der Waals surface area contributed by atoms with E-state index in [0.29, 0.717) is 0 Å². The van der Waals surface area contributed by atoms with E-state index in [1.54, 1.807) is 14.2 Å². The van der Waals surface area contributed by atoms with E-state index in [2.05, 4.69) is 17.2 Å². The fraction of sp³-hybridized carbons (Fsp3) is 0.667. The van der Waals surface area contributed by atoms with Crippen LogP contribution in [0.1, 0.15) is 29.7 Å². The Labute approximate surface area is 116 Å². The minimum Gasteiger partial charge on any atom is -0.496 e. The molecule has 4 heteroatoms. The number of pyridine rings is 1.